The molecule has 2 N–H and O–H groups in total. The molecule has 0 bridgehead atoms. The Hall–Kier alpha value is -0.830. The zero-order valence-corrected chi connectivity index (χ0v) is 22.3. The van der Waals surface area contributed by atoms with E-state index >= 15 is 0 Å². The van der Waals surface area contributed by atoms with Crippen LogP contribution in [0.3, 0.4) is 0 Å². The van der Waals surface area contributed by atoms with Crippen LogP contribution < -0.4 is 0 Å². The summed E-state index contributed by atoms with van der Waals surface area (Å²) >= 11 is 0. The van der Waals surface area contributed by atoms with Gasteiger partial charge in [-0.3, -0.25) is 4.79 Å². The number of allylic oxidation sites excluding steroid dienone is 2. The quantitative estimate of drug-likeness (QED) is 0.409. The topological polar surface area (TPSA) is 57.5 Å². The third-order valence-corrected chi connectivity index (χ3v) is 13.0. The van der Waals surface area contributed by atoms with Crippen LogP contribution in [0, 0.1) is 50.2 Å². The second-order valence-corrected chi connectivity index (χ2v) is 15.1. The van der Waals surface area contributed by atoms with Crippen LogP contribution in [0.25, 0.3) is 0 Å². The molecule has 0 aromatic heterocycles. The molecule has 3 nitrogen and oxygen atoms in total. The maximum atomic E-state index is 12.8. The fourth-order valence-corrected chi connectivity index (χ4v) is 10.6. The highest BCUT2D eigenvalue weighted by atomic mass is 16.4. The molecule has 5 aliphatic rings. The number of hydrogen-bond donors (Lipinski definition) is 2. The van der Waals surface area contributed by atoms with E-state index in [4.69, 9.17) is 0 Å². The molecule has 4 unspecified atom stereocenters. The van der Waals surface area contributed by atoms with Gasteiger partial charge in [-0.1, -0.05) is 60.1 Å². The van der Waals surface area contributed by atoms with Gasteiger partial charge in [0.2, 0.25) is 0 Å². The molecule has 0 spiro atoms. The van der Waals surface area contributed by atoms with Gasteiger partial charge in [0.15, 0.2) is 0 Å². The molecule has 0 saturated heterocycles. The van der Waals surface area contributed by atoms with Crippen LogP contribution in [0.1, 0.15) is 113 Å². The van der Waals surface area contributed by atoms with Gasteiger partial charge in [0.25, 0.3) is 0 Å². The first kappa shape index (κ1) is 23.9. The molecular weight excluding hydrogens is 408 g/mol. The van der Waals surface area contributed by atoms with Crippen molar-refractivity contribution in [3.8, 4) is 0 Å². The van der Waals surface area contributed by atoms with Gasteiger partial charge in [-0.15, -0.1) is 0 Å². The maximum Gasteiger partial charge on any atom is 0.310 e. The van der Waals surface area contributed by atoms with E-state index in [1.165, 1.54) is 18.4 Å². The predicted molar refractivity (Wildman–Crippen MR) is 133 cm³/mol. The highest BCUT2D eigenvalue weighted by molar-refractivity contribution is 5.76. The molecule has 0 aromatic rings. The molecule has 0 heterocycles. The van der Waals surface area contributed by atoms with Crippen molar-refractivity contribution < 1.29 is 15.0 Å². The standard InChI is InChI=1S/C30H48O3/c1-25(2)14-16-30(24(32)33)17-15-28(6)19(20(30)18-25)8-9-22-27(5)12-11-23(31)26(3,4)21(27)10-13-29(22,28)7/h8,20-23,31H,9-18H2,1-7H3,(H,32,33)/t20?,21?,22?,23-,27?,28+,29+,30-/m0/s1. The molecule has 4 saturated carbocycles. The van der Waals surface area contributed by atoms with Crippen LogP contribution >= 0.6 is 0 Å². The van der Waals surface area contributed by atoms with Gasteiger partial charge >= 0.3 is 5.97 Å². The van der Waals surface area contributed by atoms with Gasteiger partial charge in [-0.05, 0) is 109 Å². The Morgan fingerprint density at radius 3 is 2.21 bits per heavy atom. The molecule has 0 aromatic carbocycles. The molecule has 4 fully saturated rings. The van der Waals surface area contributed by atoms with Crippen LogP contribution in [-0.2, 0) is 4.79 Å². The second kappa shape index (κ2) is 6.89. The average Bonchev–Trinajstić information content (AvgIpc) is 2.71. The van der Waals surface area contributed by atoms with Crippen molar-refractivity contribution in [2.45, 2.75) is 119 Å². The monoisotopic (exact) mass is 456 g/mol. The molecule has 0 amide bonds. The number of hydrogen-bond acceptors (Lipinski definition) is 2. The van der Waals surface area contributed by atoms with E-state index in [0.717, 1.165) is 51.4 Å². The Labute approximate surface area is 201 Å². The van der Waals surface area contributed by atoms with E-state index in [2.05, 4.69) is 54.5 Å². The van der Waals surface area contributed by atoms with Crippen LogP contribution in [-0.4, -0.2) is 22.3 Å². The number of fused-ring (bicyclic) bond motifs is 7. The highest BCUT2D eigenvalue weighted by Gasteiger charge is 2.69. The summed E-state index contributed by atoms with van der Waals surface area (Å²) in [5.41, 5.74) is 1.68. The maximum absolute atomic E-state index is 12.8. The zero-order chi connectivity index (χ0) is 24.2. The van der Waals surface area contributed by atoms with Gasteiger partial charge in [-0.25, -0.2) is 0 Å². The largest absolute Gasteiger partial charge is 0.481 e. The zero-order valence-electron chi connectivity index (χ0n) is 22.3. The number of aliphatic carboxylic acids is 1. The van der Waals surface area contributed by atoms with Gasteiger partial charge in [0.1, 0.15) is 0 Å². The van der Waals surface area contributed by atoms with Crippen molar-refractivity contribution in [1.29, 1.82) is 0 Å². The Morgan fingerprint density at radius 1 is 0.879 bits per heavy atom. The number of aliphatic hydroxyl groups excluding tert-OH is 1. The molecule has 33 heavy (non-hydrogen) atoms. The molecule has 8 atom stereocenters. The van der Waals surface area contributed by atoms with Crippen molar-refractivity contribution in [3.63, 3.8) is 0 Å². The molecule has 5 aliphatic carbocycles. The Bertz CT molecular complexity index is 885. The minimum absolute atomic E-state index is 0.0301. The minimum atomic E-state index is -0.553. The third kappa shape index (κ3) is 2.87. The summed E-state index contributed by atoms with van der Waals surface area (Å²) in [5.74, 6) is 0.807. The van der Waals surface area contributed by atoms with E-state index in [1.807, 2.05) is 0 Å². The van der Waals surface area contributed by atoms with Crippen LogP contribution in [0.4, 0.5) is 0 Å². The lowest BCUT2D eigenvalue weighted by Crippen LogP contribution is -2.65. The summed E-state index contributed by atoms with van der Waals surface area (Å²) < 4.78 is 0. The van der Waals surface area contributed by atoms with Crippen LogP contribution in [0.2, 0.25) is 0 Å². The lowest BCUT2D eigenvalue weighted by atomic mass is 9.33. The van der Waals surface area contributed by atoms with Crippen LogP contribution in [0.15, 0.2) is 11.6 Å². The number of carboxylic acids is 1. The normalized spacial score (nSPS) is 52.4. The van der Waals surface area contributed by atoms with Gasteiger partial charge in [0, 0.05) is 0 Å². The van der Waals surface area contributed by atoms with Crippen molar-refractivity contribution >= 4 is 5.97 Å². The number of aliphatic hydroxyl groups is 1. The Kier molecular flexibility index (Phi) is 4.99. The first-order valence-corrected chi connectivity index (χ1v) is 13.8. The van der Waals surface area contributed by atoms with Gasteiger partial charge in [-0.2, -0.15) is 0 Å². The van der Waals surface area contributed by atoms with Crippen molar-refractivity contribution in [3.05, 3.63) is 11.6 Å². The number of rotatable bonds is 1. The number of carbonyl (C=O) groups is 1. The molecule has 186 valence electrons. The summed E-state index contributed by atoms with van der Waals surface area (Å²) in [4.78, 5) is 12.8. The lowest BCUT2D eigenvalue weighted by molar-refractivity contribution is -0.205. The molecular formula is C30H48O3. The van der Waals surface area contributed by atoms with Gasteiger partial charge < -0.3 is 10.2 Å². The molecule has 5 rings (SSSR count). The van der Waals surface area contributed by atoms with Crippen molar-refractivity contribution in [1.82, 2.24) is 0 Å². The highest BCUT2D eigenvalue weighted by Crippen LogP contribution is 2.75. The van der Waals surface area contributed by atoms with Crippen LogP contribution in [0.5, 0.6) is 0 Å². The molecule has 3 heteroatoms. The average molecular weight is 457 g/mol. The summed E-state index contributed by atoms with van der Waals surface area (Å²) in [6, 6.07) is 0. The predicted octanol–water partition coefficient (Wildman–Crippen LogP) is 7.23. The second-order valence-electron chi connectivity index (χ2n) is 15.1. The van der Waals surface area contributed by atoms with E-state index < -0.39 is 11.4 Å². The third-order valence-electron chi connectivity index (χ3n) is 13.0. The van der Waals surface area contributed by atoms with Crippen molar-refractivity contribution in [2.75, 3.05) is 0 Å². The summed E-state index contributed by atoms with van der Waals surface area (Å²) in [5, 5.41) is 21.4. The SMILES string of the molecule is CC1(C)CC[C@]2(C(=O)O)CC[C@]3(C)C(=CCC4C5(C)CC[C@H](O)C(C)(C)C5CC[C@]43C)C2C1. The van der Waals surface area contributed by atoms with Gasteiger partial charge in [0.05, 0.1) is 11.5 Å². The summed E-state index contributed by atoms with van der Waals surface area (Å²) in [6.07, 6.45) is 12.6. The molecule has 0 aliphatic heterocycles. The van der Waals surface area contributed by atoms with E-state index in [0.29, 0.717) is 11.8 Å². The van der Waals surface area contributed by atoms with E-state index in [1.54, 1.807) is 0 Å². The fourth-order valence-electron chi connectivity index (χ4n) is 10.6. The fraction of sp³-hybridized carbons (Fsp3) is 0.900. The summed E-state index contributed by atoms with van der Waals surface area (Å²) in [6.45, 7) is 16.9. The minimum Gasteiger partial charge on any atom is -0.481 e. The smallest absolute Gasteiger partial charge is 0.310 e. The lowest BCUT2D eigenvalue weighted by Gasteiger charge is -2.71. The van der Waals surface area contributed by atoms with E-state index in [-0.39, 0.29) is 39.1 Å². The Morgan fingerprint density at radius 2 is 1.55 bits per heavy atom. The first-order valence-electron chi connectivity index (χ1n) is 13.8. The first-order chi connectivity index (χ1) is 15.1. The summed E-state index contributed by atoms with van der Waals surface area (Å²) in [7, 11) is 0. The Balaban J connectivity index is 1.60. The number of carboxylic acid groups (broad SMARTS) is 1. The van der Waals surface area contributed by atoms with Crippen molar-refractivity contribution in [2.24, 2.45) is 50.2 Å². The van der Waals surface area contributed by atoms with E-state index in [9.17, 15) is 15.0 Å². The molecule has 0 radical (unpaired) electrons.